The van der Waals surface area contributed by atoms with Crippen LogP contribution in [0.3, 0.4) is 0 Å². The van der Waals surface area contributed by atoms with Crippen LogP contribution in [0, 0.1) is 0 Å². The second-order valence-corrected chi connectivity index (χ2v) is 6.66. The number of hydrogen-bond acceptors (Lipinski definition) is 4. The van der Waals surface area contributed by atoms with Crippen LogP contribution >= 0.6 is 0 Å². The molecule has 130 valence electrons. The second kappa shape index (κ2) is 6.25. The molecule has 1 N–H and O–H groups in total. The van der Waals surface area contributed by atoms with E-state index in [0.717, 1.165) is 12.1 Å². The summed E-state index contributed by atoms with van der Waals surface area (Å²) in [6, 6.07) is 12.6. The van der Waals surface area contributed by atoms with E-state index in [4.69, 9.17) is 0 Å². The molecular weight excluding hydrogens is 357 g/mol. The lowest BCUT2D eigenvalue weighted by atomic mass is 10.2. The van der Waals surface area contributed by atoms with E-state index in [0.29, 0.717) is 5.39 Å². The van der Waals surface area contributed by atoms with Gasteiger partial charge in [-0.3, -0.25) is 9.71 Å². The quantitative estimate of drug-likeness (QED) is 0.758. The molecule has 25 heavy (non-hydrogen) atoms. The number of halogens is 3. The highest BCUT2D eigenvalue weighted by Gasteiger charge is 2.31. The topological polar surface area (TPSA) is 68.3 Å². The summed E-state index contributed by atoms with van der Waals surface area (Å²) in [6.07, 6.45) is -3.41. The van der Waals surface area contributed by atoms with Crippen molar-refractivity contribution in [1.82, 2.24) is 4.98 Å². The van der Waals surface area contributed by atoms with Crippen LogP contribution in [0.2, 0.25) is 0 Å². The van der Waals surface area contributed by atoms with Gasteiger partial charge in [-0.05, 0) is 24.3 Å². The fourth-order valence-corrected chi connectivity index (χ4v) is 3.49. The lowest BCUT2D eigenvalue weighted by molar-refractivity contribution is -0.274. The van der Waals surface area contributed by atoms with Crippen molar-refractivity contribution in [3.63, 3.8) is 0 Å². The number of nitrogens with one attached hydrogen (secondary N) is 1. The first kappa shape index (κ1) is 17.0. The molecule has 1 heterocycles. The summed E-state index contributed by atoms with van der Waals surface area (Å²) in [5.41, 5.74) is 0.204. The molecule has 0 saturated carbocycles. The lowest BCUT2D eigenvalue weighted by Gasteiger charge is -2.12. The SMILES string of the molecule is O=S(=O)(Nc1cccc(OC(F)(F)F)c1)c1cccc2cccnc12. The van der Waals surface area contributed by atoms with E-state index in [1.54, 1.807) is 24.3 Å². The van der Waals surface area contributed by atoms with E-state index in [9.17, 15) is 21.6 Å². The first-order valence-electron chi connectivity index (χ1n) is 6.97. The molecule has 0 bridgehead atoms. The number of alkyl halides is 3. The Morgan fingerprint density at radius 3 is 2.48 bits per heavy atom. The van der Waals surface area contributed by atoms with Crippen molar-refractivity contribution in [3.8, 4) is 5.75 Å². The summed E-state index contributed by atoms with van der Waals surface area (Å²) in [5.74, 6) is -0.524. The van der Waals surface area contributed by atoms with Crippen molar-refractivity contribution >= 4 is 26.6 Å². The monoisotopic (exact) mass is 368 g/mol. The molecule has 3 aromatic rings. The Morgan fingerprint density at radius 1 is 1.00 bits per heavy atom. The third-order valence-electron chi connectivity index (χ3n) is 3.21. The standard InChI is InChI=1S/C16H11F3N2O3S/c17-16(18,19)24-13-7-2-6-12(10-13)21-25(22,23)14-8-1-4-11-5-3-9-20-15(11)14/h1-10,21H. The highest BCUT2D eigenvalue weighted by Crippen LogP contribution is 2.27. The van der Waals surface area contributed by atoms with Crippen molar-refractivity contribution in [2.75, 3.05) is 4.72 Å². The van der Waals surface area contributed by atoms with Crippen LogP contribution < -0.4 is 9.46 Å². The van der Waals surface area contributed by atoms with Gasteiger partial charge in [0.05, 0.1) is 11.2 Å². The molecule has 0 fully saturated rings. The molecular formula is C16H11F3N2O3S. The second-order valence-electron chi connectivity index (χ2n) is 5.01. The van der Waals surface area contributed by atoms with Crippen molar-refractivity contribution in [2.45, 2.75) is 11.3 Å². The third kappa shape index (κ3) is 4.00. The van der Waals surface area contributed by atoms with Gasteiger partial charge in [0.1, 0.15) is 10.6 Å². The number of aromatic nitrogens is 1. The van der Waals surface area contributed by atoms with Gasteiger partial charge in [-0.2, -0.15) is 0 Å². The van der Waals surface area contributed by atoms with Crippen molar-refractivity contribution in [3.05, 3.63) is 60.8 Å². The van der Waals surface area contributed by atoms with E-state index in [1.165, 1.54) is 24.4 Å². The minimum absolute atomic E-state index is 0.0605. The molecule has 0 amide bonds. The first-order chi connectivity index (χ1) is 11.7. The maximum atomic E-state index is 12.6. The van der Waals surface area contributed by atoms with E-state index >= 15 is 0 Å². The van der Waals surface area contributed by atoms with Crippen LogP contribution in [0.5, 0.6) is 5.75 Å². The number of benzene rings is 2. The molecule has 0 aliphatic heterocycles. The third-order valence-corrected chi connectivity index (χ3v) is 4.62. The fourth-order valence-electron chi connectivity index (χ4n) is 2.26. The molecule has 0 atom stereocenters. The Labute approximate surface area is 141 Å². The van der Waals surface area contributed by atoms with Gasteiger partial charge in [0.15, 0.2) is 0 Å². The maximum Gasteiger partial charge on any atom is 0.573 e. The van der Waals surface area contributed by atoms with Gasteiger partial charge in [0, 0.05) is 17.6 Å². The Bertz CT molecular complexity index is 1020. The largest absolute Gasteiger partial charge is 0.573 e. The Kier molecular flexibility index (Phi) is 4.25. The smallest absolute Gasteiger partial charge is 0.406 e. The fraction of sp³-hybridized carbons (Fsp3) is 0.0625. The maximum absolute atomic E-state index is 12.6. The van der Waals surface area contributed by atoms with E-state index in [1.807, 2.05) is 0 Å². The van der Waals surface area contributed by atoms with Crippen LogP contribution in [0.15, 0.2) is 65.7 Å². The van der Waals surface area contributed by atoms with Gasteiger partial charge in [-0.25, -0.2) is 8.42 Å². The summed E-state index contributed by atoms with van der Waals surface area (Å²) >= 11 is 0. The van der Waals surface area contributed by atoms with Crippen molar-refractivity contribution < 1.29 is 26.3 Å². The Hall–Kier alpha value is -2.81. The van der Waals surface area contributed by atoms with Crippen LogP contribution in [-0.4, -0.2) is 19.8 Å². The minimum atomic E-state index is -4.86. The highest BCUT2D eigenvalue weighted by molar-refractivity contribution is 7.93. The minimum Gasteiger partial charge on any atom is -0.406 e. The average Bonchev–Trinajstić information content (AvgIpc) is 2.52. The van der Waals surface area contributed by atoms with Crippen LogP contribution in [0.25, 0.3) is 10.9 Å². The summed E-state index contributed by atoms with van der Waals surface area (Å²) in [6.45, 7) is 0. The van der Waals surface area contributed by atoms with Crippen molar-refractivity contribution in [1.29, 1.82) is 0 Å². The number of anilines is 1. The number of rotatable bonds is 4. The molecule has 2 aromatic carbocycles. The van der Waals surface area contributed by atoms with E-state index in [-0.39, 0.29) is 16.1 Å². The van der Waals surface area contributed by atoms with Crippen LogP contribution in [0.1, 0.15) is 0 Å². The zero-order valence-corrected chi connectivity index (χ0v) is 13.3. The van der Waals surface area contributed by atoms with Gasteiger partial charge in [-0.1, -0.05) is 24.3 Å². The number of fused-ring (bicyclic) bond motifs is 1. The van der Waals surface area contributed by atoms with Crippen LogP contribution in [0.4, 0.5) is 18.9 Å². The van der Waals surface area contributed by atoms with Crippen molar-refractivity contribution in [2.24, 2.45) is 0 Å². The molecule has 9 heteroatoms. The van der Waals surface area contributed by atoms with Gasteiger partial charge >= 0.3 is 6.36 Å². The summed E-state index contributed by atoms with van der Waals surface area (Å²) in [5, 5.41) is 0.625. The summed E-state index contributed by atoms with van der Waals surface area (Å²) in [4.78, 5) is 3.99. The van der Waals surface area contributed by atoms with Crippen LogP contribution in [-0.2, 0) is 10.0 Å². The van der Waals surface area contributed by atoms with Gasteiger partial charge in [0.2, 0.25) is 0 Å². The lowest BCUT2D eigenvalue weighted by Crippen LogP contribution is -2.17. The molecule has 0 aliphatic carbocycles. The number of pyridine rings is 1. The molecule has 5 nitrogen and oxygen atoms in total. The number of para-hydroxylation sites is 1. The zero-order chi connectivity index (χ0) is 18.1. The molecule has 1 aromatic heterocycles. The number of sulfonamides is 1. The van der Waals surface area contributed by atoms with Gasteiger partial charge in [0.25, 0.3) is 10.0 Å². The first-order valence-corrected chi connectivity index (χ1v) is 8.45. The highest BCUT2D eigenvalue weighted by atomic mass is 32.2. The molecule has 3 rings (SSSR count). The molecule has 0 radical (unpaired) electrons. The van der Waals surface area contributed by atoms with E-state index < -0.39 is 22.1 Å². The number of nitrogens with zero attached hydrogens (tertiary/aromatic N) is 1. The van der Waals surface area contributed by atoms with E-state index in [2.05, 4.69) is 14.4 Å². The number of hydrogen-bond donors (Lipinski definition) is 1. The zero-order valence-electron chi connectivity index (χ0n) is 12.5. The Morgan fingerprint density at radius 2 is 1.72 bits per heavy atom. The average molecular weight is 368 g/mol. The molecule has 0 aliphatic rings. The van der Waals surface area contributed by atoms with Gasteiger partial charge < -0.3 is 4.74 Å². The summed E-state index contributed by atoms with van der Waals surface area (Å²) in [7, 11) is -4.05. The Balaban J connectivity index is 1.95. The molecule has 0 spiro atoms. The predicted octanol–water partition coefficient (Wildman–Crippen LogP) is 3.93. The normalized spacial score (nSPS) is 12.1. The molecule has 0 unspecified atom stereocenters. The predicted molar refractivity (Wildman–Crippen MR) is 85.7 cm³/mol. The van der Waals surface area contributed by atoms with Gasteiger partial charge in [-0.15, -0.1) is 13.2 Å². The summed E-state index contributed by atoms with van der Waals surface area (Å²) < 4.78 is 68.1. The molecule has 0 saturated heterocycles. The number of ether oxygens (including phenoxy) is 1.